The molecule has 0 saturated carbocycles. The second kappa shape index (κ2) is 7.15. The second-order valence-electron chi connectivity index (χ2n) is 7.21. The summed E-state index contributed by atoms with van der Waals surface area (Å²) in [5.74, 6) is -0.542. The standard InChI is InChI=1S/C23H17FN6O/c1-13-19-20(17(11-25)22(26)31-23(19)28-27-13)18-12-30(16-5-3-2-4-6-16)29-21(18)14-7-9-15(24)10-8-14/h2-10,12,20H,26H2,1H3,(H,27,28)/t20-/m1/s1. The number of nitriles is 1. The molecule has 3 heterocycles. The predicted octanol–water partition coefficient (Wildman–Crippen LogP) is 3.93. The Labute approximate surface area is 177 Å². The van der Waals surface area contributed by atoms with Gasteiger partial charge in [0.05, 0.1) is 17.3 Å². The molecule has 4 aromatic rings. The summed E-state index contributed by atoms with van der Waals surface area (Å²) < 4.78 is 20.9. The SMILES string of the molecule is Cc1[nH]nc2c1[C@@H](c1cn(-c3ccccc3)nc1-c1ccc(F)cc1)C(C#N)=C(N)O2. The lowest BCUT2D eigenvalue weighted by Gasteiger charge is -2.23. The molecular formula is C23H17FN6O. The molecule has 1 aliphatic rings. The minimum absolute atomic E-state index is 0.00372. The molecule has 1 aliphatic heterocycles. The van der Waals surface area contributed by atoms with E-state index >= 15 is 0 Å². The van der Waals surface area contributed by atoms with Gasteiger partial charge in [0.2, 0.25) is 11.8 Å². The molecule has 0 aliphatic carbocycles. The summed E-state index contributed by atoms with van der Waals surface area (Å²) in [5.41, 5.74) is 10.8. The zero-order chi connectivity index (χ0) is 21.5. The molecule has 0 unspecified atom stereocenters. The first-order valence-corrected chi connectivity index (χ1v) is 9.60. The average molecular weight is 412 g/mol. The number of hydrogen-bond acceptors (Lipinski definition) is 5. The van der Waals surface area contributed by atoms with E-state index in [1.807, 2.05) is 43.5 Å². The van der Waals surface area contributed by atoms with Crippen LogP contribution in [-0.4, -0.2) is 20.0 Å². The molecule has 0 spiro atoms. The number of hydrogen-bond donors (Lipinski definition) is 2. The number of aromatic amines is 1. The van der Waals surface area contributed by atoms with E-state index in [2.05, 4.69) is 16.3 Å². The first-order chi connectivity index (χ1) is 15.1. The van der Waals surface area contributed by atoms with Crippen molar-refractivity contribution in [3.63, 3.8) is 0 Å². The quantitative estimate of drug-likeness (QED) is 0.530. The monoisotopic (exact) mass is 412 g/mol. The van der Waals surface area contributed by atoms with Crippen LogP contribution in [0.15, 0.2) is 72.3 Å². The highest BCUT2D eigenvalue weighted by molar-refractivity contribution is 5.69. The second-order valence-corrected chi connectivity index (χ2v) is 7.21. The first kappa shape index (κ1) is 18.6. The third kappa shape index (κ3) is 3.04. The normalized spacial score (nSPS) is 15.3. The molecule has 152 valence electrons. The number of fused-ring (bicyclic) bond motifs is 1. The summed E-state index contributed by atoms with van der Waals surface area (Å²) in [6.45, 7) is 1.86. The summed E-state index contributed by atoms with van der Waals surface area (Å²) in [5, 5.41) is 21.8. The van der Waals surface area contributed by atoms with Crippen molar-refractivity contribution in [2.45, 2.75) is 12.8 Å². The summed E-state index contributed by atoms with van der Waals surface area (Å²) in [6, 6.07) is 17.9. The molecule has 5 rings (SSSR count). The van der Waals surface area contributed by atoms with Crippen LogP contribution in [0.4, 0.5) is 4.39 Å². The number of para-hydroxylation sites is 1. The summed E-state index contributed by atoms with van der Waals surface area (Å²) in [4.78, 5) is 0. The summed E-state index contributed by atoms with van der Waals surface area (Å²) in [7, 11) is 0. The van der Waals surface area contributed by atoms with Gasteiger partial charge in [-0.1, -0.05) is 18.2 Å². The van der Waals surface area contributed by atoms with Gasteiger partial charge in [0.1, 0.15) is 17.5 Å². The smallest absolute Gasteiger partial charge is 0.244 e. The average Bonchev–Trinajstić information content (AvgIpc) is 3.38. The number of benzene rings is 2. The first-order valence-electron chi connectivity index (χ1n) is 9.60. The highest BCUT2D eigenvalue weighted by Gasteiger charge is 2.37. The molecule has 31 heavy (non-hydrogen) atoms. The van der Waals surface area contributed by atoms with Crippen molar-refractivity contribution in [2.75, 3.05) is 0 Å². The Bertz CT molecular complexity index is 1350. The van der Waals surface area contributed by atoms with E-state index in [-0.39, 0.29) is 17.3 Å². The number of ether oxygens (including phenoxy) is 1. The van der Waals surface area contributed by atoms with Crippen molar-refractivity contribution in [2.24, 2.45) is 5.73 Å². The van der Waals surface area contributed by atoms with Crippen LogP contribution in [-0.2, 0) is 0 Å². The highest BCUT2D eigenvalue weighted by atomic mass is 19.1. The molecule has 3 N–H and O–H groups in total. The minimum atomic E-state index is -0.537. The third-order valence-electron chi connectivity index (χ3n) is 5.32. The van der Waals surface area contributed by atoms with Crippen LogP contribution >= 0.6 is 0 Å². The molecule has 0 saturated heterocycles. The molecule has 8 heteroatoms. The van der Waals surface area contributed by atoms with Crippen LogP contribution in [0.3, 0.4) is 0 Å². The maximum Gasteiger partial charge on any atom is 0.244 e. The van der Waals surface area contributed by atoms with Crippen LogP contribution in [0.1, 0.15) is 22.7 Å². The topological polar surface area (TPSA) is 106 Å². The van der Waals surface area contributed by atoms with Crippen molar-refractivity contribution in [3.8, 4) is 28.9 Å². The zero-order valence-corrected chi connectivity index (χ0v) is 16.5. The lowest BCUT2D eigenvalue weighted by atomic mass is 9.83. The number of rotatable bonds is 3. The Balaban J connectivity index is 1.78. The molecule has 2 aromatic heterocycles. The van der Waals surface area contributed by atoms with Gasteiger partial charge in [-0.15, -0.1) is 5.10 Å². The van der Waals surface area contributed by atoms with Crippen LogP contribution in [0.25, 0.3) is 16.9 Å². The molecule has 1 atom stereocenters. The van der Waals surface area contributed by atoms with Gasteiger partial charge in [-0.2, -0.15) is 10.4 Å². The number of halogens is 1. The van der Waals surface area contributed by atoms with Gasteiger partial charge in [-0.3, -0.25) is 5.10 Å². The lowest BCUT2D eigenvalue weighted by molar-refractivity contribution is 0.379. The molecule has 0 bridgehead atoms. The van der Waals surface area contributed by atoms with Gasteiger partial charge < -0.3 is 10.5 Å². The maximum atomic E-state index is 13.6. The van der Waals surface area contributed by atoms with Gasteiger partial charge >= 0.3 is 0 Å². The fraction of sp³-hybridized carbons (Fsp3) is 0.0870. The van der Waals surface area contributed by atoms with E-state index in [0.717, 1.165) is 28.1 Å². The van der Waals surface area contributed by atoms with Gasteiger partial charge in [0.25, 0.3) is 0 Å². The van der Waals surface area contributed by atoms with E-state index in [9.17, 15) is 9.65 Å². The molecule has 2 aromatic carbocycles. The van der Waals surface area contributed by atoms with Gasteiger partial charge in [0, 0.05) is 28.6 Å². The van der Waals surface area contributed by atoms with Crippen LogP contribution < -0.4 is 10.5 Å². The van der Waals surface area contributed by atoms with Crippen LogP contribution in [0, 0.1) is 24.1 Å². The molecular weight excluding hydrogens is 395 g/mol. The number of nitrogens with two attached hydrogens (primary N) is 1. The van der Waals surface area contributed by atoms with Gasteiger partial charge in [0.15, 0.2) is 0 Å². The van der Waals surface area contributed by atoms with E-state index in [0.29, 0.717) is 11.6 Å². The molecule has 0 fully saturated rings. The van der Waals surface area contributed by atoms with Gasteiger partial charge in [-0.05, 0) is 43.3 Å². The minimum Gasteiger partial charge on any atom is -0.420 e. The predicted molar refractivity (Wildman–Crippen MR) is 112 cm³/mol. The van der Waals surface area contributed by atoms with E-state index in [4.69, 9.17) is 15.6 Å². The van der Waals surface area contributed by atoms with Crippen molar-refractivity contribution in [3.05, 3.63) is 94.9 Å². The van der Waals surface area contributed by atoms with E-state index < -0.39 is 5.92 Å². The number of H-pyrrole nitrogens is 1. The third-order valence-corrected chi connectivity index (χ3v) is 5.32. The Hall–Kier alpha value is -4.38. The lowest BCUT2D eigenvalue weighted by Crippen LogP contribution is -2.21. The number of aromatic nitrogens is 4. The molecule has 0 radical (unpaired) electrons. The highest BCUT2D eigenvalue weighted by Crippen LogP contribution is 2.45. The van der Waals surface area contributed by atoms with Crippen molar-refractivity contribution < 1.29 is 9.13 Å². The fourth-order valence-electron chi connectivity index (χ4n) is 3.85. The van der Waals surface area contributed by atoms with E-state index in [1.165, 1.54) is 12.1 Å². The Morgan fingerprint density at radius 1 is 1.16 bits per heavy atom. The van der Waals surface area contributed by atoms with Crippen molar-refractivity contribution in [1.82, 2.24) is 20.0 Å². The van der Waals surface area contributed by atoms with Crippen LogP contribution in [0.5, 0.6) is 5.88 Å². The maximum absolute atomic E-state index is 13.6. The Morgan fingerprint density at radius 2 is 1.90 bits per heavy atom. The number of nitrogens with zero attached hydrogens (tertiary/aromatic N) is 4. The summed E-state index contributed by atoms with van der Waals surface area (Å²) >= 11 is 0. The fourth-order valence-corrected chi connectivity index (χ4v) is 3.85. The van der Waals surface area contributed by atoms with E-state index in [1.54, 1.807) is 16.8 Å². The number of allylic oxidation sites excluding steroid dienone is 1. The van der Waals surface area contributed by atoms with Crippen molar-refractivity contribution in [1.29, 1.82) is 5.26 Å². The van der Waals surface area contributed by atoms with Crippen LogP contribution in [0.2, 0.25) is 0 Å². The molecule has 7 nitrogen and oxygen atoms in total. The van der Waals surface area contributed by atoms with Crippen molar-refractivity contribution >= 4 is 0 Å². The molecule has 0 amide bonds. The number of nitrogens with one attached hydrogen (secondary N) is 1. The largest absolute Gasteiger partial charge is 0.420 e. The Kier molecular flexibility index (Phi) is 4.30. The number of aryl methyl sites for hydroxylation is 1. The van der Waals surface area contributed by atoms with Gasteiger partial charge in [-0.25, -0.2) is 9.07 Å². The summed E-state index contributed by atoms with van der Waals surface area (Å²) in [6.07, 6.45) is 1.87. The zero-order valence-electron chi connectivity index (χ0n) is 16.5. The Morgan fingerprint density at radius 3 is 2.61 bits per heavy atom.